The summed E-state index contributed by atoms with van der Waals surface area (Å²) in [6.45, 7) is 4.75. The first-order valence-corrected chi connectivity index (χ1v) is 9.80. The van der Waals surface area contributed by atoms with Crippen molar-refractivity contribution in [3.8, 4) is 0 Å². The van der Waals surface area contributed by atoms with Gasteiger partial charge in [-0.15, -0.1) is 11.3 Å². The van der Waals surface area contributed by atoms with Gasteiger partial charge in [0.05, 0.1) is 16.0 Å². The van der Waals surface area contributed by atoms with Gasteiger partial charge in [0.25, 0.3) is 5.91 Å². The molecule has 0 N–H and O–H groups in total. The summed E-state index contributed by atoms with van der Waals surface area (Å²) >= 11 is 13.8. The van der Waals surface area contributed by atoms with Crippen LogP contribution < -0.4 is 4.90 Å². The van der Waals surface area contributed by atoms with Crippen LogP contribution in [-0.2, 0) is 0 Å². The molecule has 0 unspecified atom stereocenters. The third-order valence-corrected chi connectivity index (χ3v) is 5.97. The Bertz CT molecular complexity index is 982. The fourth-order valence-electron chi connectivity index (χ4n) is 3.17. The summed E-state index contributed by atoms with van der Waals surface area (Å²) in [5.74, 6) is 0.876. The average molecular weight is 407 g/mol. The molecule has 1 amide bonds. The molecular formula is C18H16Cl2N4OS. The molecule has 8 heteroatoms. The number of carbonyl (C=O) groups is 1. The third-order valence-electron chi connectivity index (χ3n) is 4.46. The van der Waals surface area contributed by atoms with Crippen LogP contribution in [0.5, 0.6) is 0 Å². The van der Waals surface area contributed by atoms with E-state index in [1.807, 2.05) is 4.90 Å². The van der Waals surface area contributed by atoms with E-state index in [0.717, 1.165) is 29.1 Å². The summed E-state index contributed by atoms with van der Waals surface area (Å²) < 4.78 is 0. The van der Waals surface area contributed by atoms with Crippen molar-refractivity contribution >= 4 is 56.5 Å². The van der Waals surface area contributed by atoms with Crippen molar-refractivity contribution in [2.45, 2.75) is 6.92 Å². The molecule has 0 spiro atoms. The summed E-state index contributed by atoms with van der Waals surface area (Å²) in [5, 5.41) is 1.99. The van der Waals surface area contributed by atoms with E-state index in [1.54, 1.807) is 35.9 Å². The van der Waals surface area contributed by atoms with Crippen molar-refractivity contribution in [1.82, 2.24) is 14.9 Å². The number of nitrogens with zero attached hydrogens (tertiary/aromatic N) is 4. The third kappa shape index (κ3) is 3.24. The molecule has 26 heavy (non-hydrogen) atoms. The van der Waals surface area contributed by atoms with Gasteiger partial charge in [-0.05, 0) is 31.2 Å². The number of aryl methyl sites for hydroxylation is 1. The Morgan fingerprint density at radius 3 is 2.62 bits per heavy atom. The minimum Gasteiger partial charge on any atom is -0.352 e. The van der Waals surface area contributed by atoms with E-state index in [0.29, 0.717) is 28.7 Å². The van der Waals surface area contributed by atoms with Crippen LogP contribution in [0.3, 0.4) is 0 Å². The van der Waals surface area contributed by atoms with Crippen molar-refractivity contribution in [2.75, 3.05) is 31.1 Å². The molecule has 3 aromatic rings. The second kappa shape index (κ2) is 7.02. The average Bonchev–Trinajstić information content (AvgIpc) is 3.01. The highest BCUT2D eigenvalue weighted by Crippen LogP contribution is 2.30. The molecule has 5 nitrogen and oxygen atoms in total. The van der Waals surface area contributed by atoms with Crippen LogP contribution in [0.2, 0.25) is 10.0 Å². The highest BCUT2D eigenvalue weighted by Gasteiger charge is 2.25. The van der Waals surface area contributed by atoms with E-state index in [1.165, 1.54) is 4.88 Å². The number of hydrogen-bond acceptors (Lipinski definition) is 5. The summed E-state index contributed by atoms with van der Waals surface area (Å²) in [4.78, 5) is 27.8. The van der Waals surface area contributed by atoms with Crippen molar-refractivity contribution < 1.29 is 4.79 Å². The maximum atomic E-state index is 12.7. The number of carbonyl (C=O) groups excluding carboxylic acids is 1. The fraction of sp³-hybridized carbons (Fsp3) is 0.278. The number of halogens is 2. The van der Waals surface area contributed by atoms with E-state index in [9.17, 15) is 4.79 Å². The lowest BCUT2D eigenvalue weighted by molar-refractivity contribution is 0.0747. The Balaban J connectivity index is 1.51. The molecule has 1 aliphatic heterocycles. The molecule has 0 saturated carbocycles. The van der Waals surface area contributed by atoms with E-state index in [2.05, 4.69) is 27.9 Å². The molecule has 0 aliphatic carbocycles. The van der Waals surface area contributed by atoms with Crippen LogP contribution in [0.1, 0.15) is 15.2 Å². The second-order valence-corrected chi connectivity index (χ2v) is 8.25. The Morgan fingerprint density at radius 2 is 1.88 bits per heavy atom. The largest absolute Gasteiger partial charge is 0.352 e. The lowest BCUT2D eigenvalue weighted by atomic mass is 10.1. The van der Waals surface area contributed by atoms with Gasteiger partial charge < -0.3 is 9.80 Å². The fourth-order valence-corrected chi connectivity index (χ4v) is 4.50. The molecule has 1 fully saturated rings. The summed E-state index contributed by atoms with van der Waals surface area (Å²) in [6.07, 6.45) is 1.61. The first-order chi connectivity index (χ1) is 12.5. The van der Waals surface area contributed by atoms with Gasteiger partial charge in [-0.2, -0.15) is 0 Å². The Labute approximate surface area is 165 Å². The lowest BCUT2D eigenvalue weighted by Crippen LogP contribution is -2.49. The molecule has 0 atom stereocenters. The van der Waals surface area contributed by atoms with E-state index in [-0.39, 0.29) is 5.91 Å². The van der Waals surface area contributed by atoms with Gasteiger partial charge in [0.15, 0.2) is 0 Å². The van der Waals surface area contributed by atoms with Crippen LogP contribution in [0.4, 0.5) is 5.82 Å². The second-order valence-electron chi connectivity index (χ2n) is 6.18. The Hall–Kier alpha value is -1.89. The van der Waals surface area contributed by atoms with Crippen LogP contribution in [0.25, 0.3) is 10.2 Å². The zero-order chi connectivity index (χ0) is 18.3. The SMILES string of the molecule is Cc1cc2c(N3CCN(C(=O)c4ccc(Cl)cc4Cl)CC3)ncnc2s1. The number of aromatic nitrogens is 2. The maximum absolute atomic E-state index is 12.7. The number of rotatable bonds is 2. The van der Waals surface area contributed by atoms with Gasteiger partial charge >= 0.3 is 0 Å². The molecule has 3 heterocycles. The molecule has 2 aromatic heterocycles. The summed E-state index contributed by atoms with van der Waals surface area (Å²) in [5.41, 5.74) is 0.488. The number of thiophene rings is 1. The maximum Gasteiger partial charge on any atom is 0.255 e. The molecule has 1 aromatic carbocycles. The molecule has 1 aliphatic rings. The minimum atomic E-state index is -0.0643. The van der Waals surface area contributed by atoms with Crippen molar-refractivity contribution in [1.29, 1.82) is 0 Å². The van der Waals surface area contributed by atoms with Crippen molar-refractivity contribution in [3.63, 3.8) is 0 Å². The number of benzene rings is 1. The zero-order valence-corrected chi connectivity index (χ0v) is 16.4. The molecule has 0 radical (unpaired) electrons. The van der Waals surface area contributed by atoms with Crippen LogP contribution in [-0.4, -0.2) is 47.0 Å². The first-order valence-electron chi connectivity index (χ1n) is 8.23. The van der Waals surface area contributed by atoms with Crippen LogP contribution in [0, 0.1) is 6.92 Å². The van der Waals surface area contributed by atoms with Gasteiger partial charge in [0.2, 0.25) is 0 Å². The predicted molar refractivity (Wildman–Crippen MR) is 107 cm³/mol. The Morgan fingerprint density at radius 1 is 1.12 bits per heavy atom. The monoisotopic (exact) mass is 406 g/mol. The van der Waals surface area contributed by atoms with E-state index < -0.39 is 0 Å². The van der Waals surface area contributed by atoms with E-state index in [4.69, 9.17) is 23.2 Å². The van der Waals surface area contributed by atoms with Gasteiger partial charge in [0.1, 0.15) is 17.0 Å². The molecule has 4 rings (SSSR count). The van der Waals surface area contributed by atoms with Crippen molar-refractivity contribution in [2.24, 2.45) is 0 Å². The number of amides is 1. The van der Waals surface area contributed by atoms with Gasteiger partial charge in [-0.3, -0.25) is 4.79 Å². The van der Waals surface area contributed by atoms with Crippen LogP contribution >= 0.6 is 34.5 Å². The molecule has 1 saturated heterocycles. The topological polar surface area (TPSA) is 49.3 Å². The van der Waals surface area contributed by atoms with Crippen LogP contribution in [0.15, 0.2) is 30.6 Å². The smallest absolute Gasteiger partial charge is 0.255 e. The molecule has 134 valence electrons. The summed E-state index contributed by atoms with van der Waals surface area (Å²) in [6, 6.07) is 7.10. The Kier molecular flexibility index (Phi) is 4.73. The van der Waals surface area contributed by atoms with Gasteiger partial charge in [0, 0.05) is 36.1 Å². The zero-order valence-electron chi connectivity index (χ0n) is 14.1. The highest BCUT2D eigenvalue weighted by molar-refractivity contribution is 7.18. The number of hydrogen-bond donors (Lipinski definition) is 0. The molecule has 0 bridgehead atoms. The normalized spacial score (nSPS) is 14.9. The quantitative estimate of drug-likeness (QED) is 0.637. The van der Waals surface area contributed by atoms with Gasteiger partial charge in [-0.1, -0.05) is 23.2 Å². The van der Waals surface area contributed by atoms with E-state index >= 15 is 0 Å². The molecular weight excluding hydrogens is 391 g/mol. The standard InChI is InChI=1S/C18H16Cl2N4OS/c1-11-8-14-16(21-10-22-17(14)26-11)23-4-6-24(7-5-23)18(25)13-3-2-12(19)9-15(13)20/h2-3,8-10H,4-7H2,1H3. The lowest BCUT2D eigenvalue weighted by Gasteiger charge is -2.35. The predicted octanol–water partition coefficient (Wildman–Crippen LogP) is 4.27. The number of piperazine rings is 1. The number of fused-ring (bicyclic) bond motifs is 1. The first kappa shape index (κ1) is 17.5. The van der Waals surface area contributed by atoms with Gasteiger partial charge in [-0.25, -0.2) is 9.97 Å². The highest BCUT2D eigenvalue weighted by atomic mass is 35.5. The van der Waals surface area contributed by atoms with Crippen molar-refractivity contribution in [3.05, 3.63) is 51.1 Å². The number of anilines is 1. The minimum absolute atomic E-state index is 0.0643. The summed E-state index contributed by atoms with van der Waals surface area (Å²) in [7, 11) is 0.